The van der Waals surface area contributed by atoms with Crippen LogP contribution < -0.4 is 29.6 Å². The van der Waals surface area contributed by atoms with Gasteiger partial charge in [0, 0.05) is 5.75 Å². The van der Waals surface area contributed by atoms with Gasteiger partial charge in [-0.15, -0.1) is 0 Å². The summed E-state index contributed by atoms with van der Waals surface area (Å²) < 4.78 is 33.6. The van der Waals surface area contributed by atoms with Gasteiger partial charge < -0.3 is 4.55 Å². The normalized spacial score (nSPS) is 14.3. The molecule has 2 nitrogen and oxygen atoms in total. The molecule has 1 atom stereocenters. The quantitative estimate of drug-likeness (QED) is 0.561. The third-order valence-electron chi connectivity index (χ3n) is 1.26. The molecule has 0 saturated carbocycles. The molecule has 66 valence electrons. The molecular formula is C7H6FNaO2S2. The zero-order chi connectivity index (χ0) is 9.19. The Morgan fingerprint density at radius 2 is 1.85 bits per heavy atom. The molecule has 1 unspecified atom stereocenters. The number of halogens is 1. The molecule has 0 amide bonds. The number of hydrogen-bond acceptors (Lipinski definition) is 3. The summed E-state index contributed by atoms with van der Waals surface area (Å²) in [5.74, 6) is -0.608. The summed E-state index contributed by atoms with van der Waals surface area (Å²) in [6.45, 7) is 0. The van der Waals surface area contributed by atoms with E-state index in [-0.39, 0.29) is 41.1 Å². The summed E-state index contributed by atoms with van der Waals surface area (Å²) in [6, 6.07) is 5.21. The first-order valence-electron chi connectivity index (χ1n) is 3.15. The molecule has 0 bridgehead atoms. The van der Waals surface area contributed by atoms with Crippen LogP contribution in [0, 0.1) is 5.82 Å². The molecule has 0 heterocycles. The Hall–Kier alpha value is 0.480. The number of hydrogen-bond donors (Lipinski definition) is 0. The van der Waals surface area contributed by atoms with Crippen LogP contribution in [0.25, 0.3) is 0 Å². The van der Waals surface area contributed by atoms with E-state index in [0.29, 0.717) is 5.56 Å². The van der Waals surface area contributed by atoms with E-state index >= 15 is 0 Å². The summed E-state index contributed by atoms with van der Waals surface area (Å²) >= 11 is 4.18. The average Bonchev–Trinajstić information content (AvgIpc) is 1.91. The molecule has 1 aromatic rings. The zero-order valence-corrected chi connectivity index (χ0v) is 10.7. The van der Waals surface area contributed by atoms with Crippen LogP contribution in [0.2, 0.25) is 0 Å². The first-order valence-corrected chi connectivity index (χ1v) is 5.73. The second-order valence-corrected chi connectivity index (χ2v) is 5.26. The molecule has 0 spiro atoms. The Morgan fingerprint density at radius 1 is 1.38 bits per heavy atom. The second-order valence-electron chi connectivity index (χ2n) is 2.33. The van der Waals surface area contributed by atoms with E-state index in [0.717, 1.165) is 0 Å². The standard InChI is InChI=1S/C7H7FO2S2.Na/c8-7-3-1-6(2-4-7)5-12(9,10)11;/h1-4H,5H2,(H,9,10,11);/q;+1/p-1. The number of rotatable bonds is 2. The molecule has 0 aliphatic carbocycles. The molecule has 0 N–H and O–H groups in total. The van der Waals surface area contributed by atoms with Crippen LogP contribution in [-0.2, 0) is 25.7 Å². The second kappa shape index (κ2) is 5.38. The van der Waals surface area contributed by atoms with Gasteiger partial charge in [0.15, 0.2) is 0 Å². The number of benzene rings is 1. The molecule has 0 radical (unpaired) electrons. The molecular weight excluding hydrogens is 222 g/mol. The van der Waals surface area contributed by atoms with Crippen LogP contribution in [0.15, 0.2) is 24.3 Å². The topological polar surface area (TPSA) is 40.1 Å². The largest absolute Gasteiger partial charge is 1.00 e. The van der Waals surface area contributed by atoms with Crippen molar-refractivity contribution in [2.75, 3.05) is 0 Å². The van der Waals surface area contributed by atoms with Crippen LogP contribution in [0.4, 0.5) is 4.39 Å². The fraction of sp³-hybridized carbons (Fsp3) is 0.143. The maximum Gasteiger partial charge on any atom is 1.00 e. The molecule has 0 saturated heterocycles. The Morgan fingerprint density at radius 3 is 2.23 bits per heavy atom. The summed E-state index contributed by atoms with van der Waals surface area (Å²) in [5.41, 5.74) is 0.506. The molecule has 13 heavy (non-hydrogen) atoms. The monoisotopic (exact) mass is 228 g/mol. The minimum atomic E-state index is -3.43. The van der Waals surface area contributed by atoms with Crippen LogP contribution in [0.1, 0.15) is 5.56 Å². The van der Waals surface area contributed by atoms with Crippen molar-refractivity contribution in [2.24, 2.45) is 0 Å². The van der Waals surface area contributed by atoms with Crippen molar-refractivity contribution in [1.29, 1.82) is 0 Å². The van der Waals surface area contributed by atoms with E-state index in [4.69, 9.17) is 0 Å². The van der Waals surface area contributed by atoms with Crippen molar-refractivity contribution in [3.63, 3.8) is 0 Å². The Bertz CT molecular complexity index is 361. The Balaban J connectivity index is 0.00000144. The van der Waals surface area contributed by atoms with E-state index in [9.17, 15) is 13.2 Å². The molecule has 0 aliphatic rings. The third kappa shape index (κ3) is 5.72. The van der Waals surface area contributed by atoms with Crippen molar-refractivity contribution >= 4 is 20.0 Å². The smallest absolute Gasteiger partial charge is 0.769 e. The molecule has 1 aromatic carbocycles. The summed E-state index contributed by atoms with van der Waals surface area (Å²) in [5, 5.41) is 0. The molecule has 0 aliphatic heterocycles. The zero-order valence-electron chi connectivity index (χ0n) is 7.03. The Kier molecular flexibility index (Phi) is 5.58. The van der Waals surface area contributed by atoms with Gasteiger partial charge >= 0.3 is 29.6 Å². The molecule has 1 rings (SSSR count). The van der Waals surface area contributed by atoms with Crippen LogP contribution in [0.3, 0.4) is 0 Å². The molecule has 6 heteroatoms. The van der Waals surface area contributed by atoms with Gasteiger partial charge in [0.2, 0.25) is 0 Å². The predicted octanol–water partition coefficient (Wildman–Crippen LogP) is -1.79. The van der Waals surface area contributed by atoms with Crippen LogP contribution in [-0.4, -0.2) is 8.76 Å². The fourth-order valence-corrected chi connectivity index (χ4v) is 1.79. The van der Waals surface area contributed by atoms with Crippen LogP contribution >= 0.6 is 0 Å². The summed E-state index contributed by atoms with van der Waals surface area (Å²) in [4.78, 5) is 0. The molecule has 0 fully saturated rings. The van der Waals surface area contributed by atoms with Gasteiger partial charge in [-0.2, -0.15) is 0 Å². The van der Waals surface area contributed by atoms with Gasteiger partial charge in [-0.25, -0.2) is 4.39 Å². The maximum atomic E-state index is 12.3. The average molecular weight is 228 g/mol. The van der Waals surface area contributed by atoms with Crippen molar-refractivity contribution in [3.05, 3.63) is 35.6 Å². The van der Waals surface area contributed by atoms with E-state index in [1.54, 1.807) is 0 Å². The minimum absolute atomic E-state index is 0. The summed E-state index contributed by atoms with van der Waals surface area (Å²) in [6.07, 6.45) is 0. The van der Waals surface area contributed by atoms with Crippen molar-refractivity contribution in [3.8, 4) is 0 Å². The van der Waals surface area contributed by atoms with Gasteiger partial charge in [-0.05, 0) is 37.7 Å². The predicted molar refractivity (Wildman–Crippen MR) is 46.4 cm³/mol. The first-order chi connectivity index (χ1) is 5.47. The van der Waals surface area contributed by atoms with Crippen molar-refractivity contribution in [2.45, 2.75) is 5.75 Å². The van der Waals surface area contributed by atoms with E-state index in [1.165, 1.54) is 24.3 Å². The fourth-order valence-electron chi connectivity index (χ4n) is 0.785. The van der Waals surface area contributed by atoms with E-state index < -0.39 is 8.77 Å². The SMILES string of the molecule is O=S([O-])(=S)Cc1ccc(F)cc1.[Na+]. The van der Waals surface area contributed by atoms with E-state index in [1.807, 2.05) is 0 Å². The van der Waals surface area contributed by atoms with Crippen molar-refractivity contribution < 1.29 is 42.7 Å². The molecule has 0 aromatic heterocycles. The van der Waals surface area contributed by atoms with Gasteiger partial charge in [0.05, 0.1) is 0 Å². The maximum absolute atomic E-state index is 12.3. The Labute approximate surface area is 103 Å². The summed E-state index contributed by atoms with van der Waals surface area (Å²) in [7, 11) is -3.43. The third-order valence-corrected chi connectivity index (χ3v) is 2.30. The van der Waals surface area contributed by atoms with Gasteiger partial charge in [-0.3, -0.25) is 4.21 Å². The van der Waals surface area contributed by atoms with E-state index in [2.05, 4.69) is 11.2 Å². The van der Waals surface area contributed by atoms with Gasteiger partial charge in [-0.1, -0.05) is 12.1 Å². The minimum Gasteiger partial charge on any atom is -0.769 e. The van der Waals surface area contributed by atoms with Crippen molar-refractivity contribution in [1.82, 2.24) is 0 Å². The van der Waals surface area contributed by atoms with Gasteiger partial charge in [0.25, 0.3) is 0 Å². The van der Waals surface area contributed by atoms with Gasteiger partial charge in [0.1, 0.15) is 5.82 Å². The first kappa shape index (κ1) is 13.5. The van der Waals surface area contributed by atoms with Crippen LogP contribution in [0.5, 0.6) is 0 Å².